The van der Waals surface area contributed by atoms with Crippen molar-refractivity contribution in [3.05, 3.63) is 132 Å². The van der Waals surface area contributed by atoms with Gasteiger partial charge < -0.3 is 13.0 Å². The van der Waals surface area contributed by atoms with E-state index in [1.807, 2.05) is 0 Å². The molecule has 0 aliphatic heterocycles. The highest BCUT2D eigenvalue weighted by atomic mass is 28.4. The van der Waals surface area contributed by atoms with E-state index in [9.17, 15) is 0 Å². The van der Waals surface area contributed by atoms with Gasteiger partial charge in [0.15, 0.2) is 0 Å². The van der Waals surface area contributed by atoms with E-state index in [-0.39, 0.29) is 32.7 Å². The second kappa shape index (κ2) is 19.9. The molecule has 4 rings (SSSR count). The average molecular weight is 862 g/mol. The molecule has 0 fully saturated rings. The maximum absolute atomic E-state index is 8.86. The van der Waals surface area contributed by atoms with Crippen molar-refractivity contribution in [3.8, 4) is 0 Å². The first-order chi connectivity index (χ1) is 27.4. The van der Waals surface area contributed by atoms with E-state index in [1.54, 1.807) is 0 Å². The lowest BCUT2D eigenvalue weighted by atomic mass is 9.81. The van der Waals surface area contributed by atoms with E-state index < -0.39 is 34.7 Å². The van der Waals surface area contributed by atoms with Crippen LogP contribution < -0.4 is 20.7 Å². The molecule has 4 unspecified atom stereocenters. The van der Waals surface area contributed by atoms with E-state index in [0.717, 1.165) is 13.2 Å². The number of hydrogen-bond donors (Lipinski definition) is 0. The van der Waals surface area contributed by atoms with Crippen molar-refractivity contribution in [2.75, 3.05) is 13.2 Å². The van der Waals surface area contributed by atoms with E-state index in [4.69, 9.17) is 13.0 Å². The van der Waals surface area contributed by atoms with Crippen LogP contribution >= 0.6 is 0 Å². The molecule has 0 aliphatic rings. The molecule has 4 aromatic carbocycles. The van der Waals surface area contributed by atoms with Gasteiger partial charge in [-0.2, -0.15) is 0 Å². The summed E-state index contributed by atoms with van der Waals surface area (Å²) >= 11 is 0. The predicted octanol–water partition coefficient (Wildman–Crippen LogP) is 12.0. The second-order valence-corrected chi connectivity index (χ2v) is 34.0. The molecule has 0 heterocycles. The van der Waals surface area contributed by atoms with Crippen molar-refractivity contribution in [1.82, 2.24) is 0 Å². The fourth-order valence-electron chi connectivity index (χ4n) is 8.16. The highest BCUT2D eigenvalue weighted by molar-refractivity contribution is 7.11. The molecule has 0 spiro atoms. The van der Waals surface area contributed by atoms with Gasteiger partial charge in [-0.05, 0) is 79.0 Å². The summed E-state index contributed by atoms with van der Waals surface area (Å²) in [6.07, 6.45) is 9.61. The van der Waals surface area contributed by atoms with Gasteiger partial charge >= 0.3 is 0 Å². The third kappa shape index (κ3) is 11.7. The zero-order chi connectivity index (χ0) is 43.9. The molecule has 59 heavy (non-hydrogen) atoms. The van der Waals surface area contributed by atoms with Gasteiger partial charge in [-0.25, -0.2) is 0 Å². The zero-order valence-corrected chi connectivity index (χ0v) is 43.5. The second-order valence-electron chi connectivity index (χ2n) is 21.0. The fraction of sp³-hybridized carbons (Fsp3) is 0.462. The minimum Gasteiger partial charge on any atom is -0.441 e. The third-order valence-electron chi connectivity index (χ3n) is 11.8. The van der Waals surface area contributed by atoms with Gasteiger partial charge in [0.05, 0.1) is 0 Å². The monoisotopic (exact) mass is 860 g/mol. The maximum atomic E-state index is 8.86. The summed E-state index contributed by atoms with van der Waals surface area (Å²) < 4.78 is 21.6. The average Bonchev–Trinajstić information content (AvgIpc) is 3.14. The first kappa shape index (κ1) is 48.8. The van der Waals surface area contributed by atoms with Crippen molar-refractivity contribution in [3.63, 3.8) is 0 Å². The van der Waals surface area contributed by atoms with Crippen LogP contribution in [0.4, 0.5) is 0 Å². The van der Waals surface area contributed by atoms with Gasteiger partial charge in [0, 0.05) is 25.0 Å². The lowest BCUT2D eigenvalue weighted by molar-refractivity contribution is 0.185. The molecular formula is C52H76O3Si4. The highest BCUT2D eigenvalue weighted by Gasteiger charge is 2.61. The first-order valence-corrected chi connectivity index (χ1v) is 30.3. The van der Waals surface area contributed by atoms with Gasteiger partial charge in [0.1, 0.15) is 0 Å². The summed E-state index contributed by atoms with van der Waals surface area (Å²) in [5.74, 6) is 0.517. The summed E-state index contributed by atoms with van der Waals surface area (Å²) in [5, 5.41) is 4.69. The number of benzene rings is 4. The summed E-state index contributed by atoms with van der Waals surface area (Å²) in [6.45, 7) is 38.8. The molecule has 0 amide bonds. The van der Waals surface area contributed by atoms with Crippen LogP contribution in [0.15, 0.2) is 121 Å². The van der Waals surface area contributed by atoms with Gasteiger partial charge in [0.25, 0.3) is 16.6 Å². The van der Waals surface area contributed by atoms with Crippen molar-refractivity contribution in [1.29, 1.82) is 0 Å². The largest absolute Gasteiger partial charge is 0.441 e. The highest BCUT2D eigenvalue weighted by Crippen LogP contribution is 2.46. The minimum absolute atomic E-state index is 0.0460. The van der Waals surface area contributed by atoms with Crippen LogP contribution in [0.2, 0.25) is 36.3 Å². The molecule has 0 aromatic heterocycles. The Morgan fingerprint density at radius 3 is 1.05 bits per heavy atom. The van der Waals surface area contributed by atoms with E-state index >= 15 is 0 Å². The number of rotatable bonds is 16. The summed E-state index contributed by atoms with van der Waals surface area (Å²) in [5.41, 5.74) is 2.54. The molecular weight excluding hydrogens is 785 g/mol. The number of hydrogen-bond acceptors (Lipinski definition) is 3. The third-order valence-corrected chi connectivity index (χ3v) is 24.7. The molecule has 3 nitrogen and oxygen atoms in total. The molecule has 4 atom stereocenters. The van der Waals surface area contributed by atoms with Gasteiger partial charge in [0.2, 0.25) is 18.1 Å². The van der Waals surface area contributed by atoms with Crippen LogP contribution in [0.25, 0.3) is 12.2 Å². The Labute approximate surface area is 366 Å². The van der Waals surface area contributed by atoms with Crippen LogP contribution in [-0.2, 0) is 13.0 Å². The van der Waals surface area contributed by atoms with Gasteiger partial charge in [-0.1, -0.05) is 217 Å². The Morgan fingerprint density at radius 1 is 0.458 bits per heavy atom. The molecule has 0 aliphatic carbocycles. The van der Waals surface area contributed by atoms with Crippen molar-refractivity contribution >= 4 is 67.6 Å². The fourth-order valence-corrected chi connectivity index (χ4v) is 22.4. The van der Waals surface area contributed by atoms with Crippen molar-refractivity contribution in [2.24, 2.45) is 22.7 Å². The van der Waals surface area contributed by atoms with Crippen LogP contribution in [0.1, 0.15) is 94.2 Å². The van der Waals surface area contributed by atoms with E-state index in [1.165, 1.54) is 31.9 Å². The standard InChI is InChI=1S/C52H76O3Si4/c1-49(2,3)43(39-53-56(13)14)37-35-41-27-23-25-33-47(41)58(51(7,8)9,45-29-19-17-20-30-45)55-59(52(10,11)12,46-31-21-18-22-32-46)48-34-26-24-28-42(48)36-38-44(50(4,5)6)40-54-57(15)16/h17-38,43-44H,39-40H2,1-16H3. The molecule has 0 bridgehead atoms. The Balaban J connectivity index is 2.15. The normalized spacial score (nSPS) is 16.4. The predicted molar refractivity (Wildman–Crippen MR) is 267 cm³/mol. The lowest BCUT2D eigenvalue weighted by Gasteiger charge is -2.54. The summed E-state index contributed by atoms with van der Waals surface area (Å²) in [4.78, 5) is 0. The zero-order valence-electron chi connectivity index (χ0n) is 39.5. The summed E-state index contributed by atoms with van der Waals surface area (Å²) in [7, 11) is -8.12. The van der Waals surface area contributed by atoms with Crippen LogP contribution in [0.5, 0.6) is 0 Å². The molecule has 4 aromatic rings. The summed E-state index contributed by atoms with van der Waals surface area (Å²) in [6, 6.07) is 40.8. The van der Waals surface area contributed by atoms with E-state index in [0.29, 0.717) is 0 Å². The maximum Gasteiger partial charge on any atom is 0.251 e. The SMILES string of the molecule is C[Si](C)OCC(C=Cc1ccccc1[Si](O[Si](c1ccccc1)(c1ccccc1C=CC(CO[Si](C)C)C(C)(C)C)C(C)(C)C)(c1ccccc1)C(C)(C)C)C(C)(C)C. The van der Waals surface area contributed by atoms with Crippen LogP contribution in [-0.4, -0.2) is 47.9 Å². The quantitative estimate of drug-likeness (QED) is 0.105. The smallest absolute Gasteiger partial charge is 0.251 e. The molecule has 0 saturated carbocycles. The van der Waals surface area contributed by atoms with Crippen molar-refractivity contribution < 1.29 is 13.0 Å². The molecule has 0 N–H and O–H groups in total. The van der Waals surface area contributed by atoms with Crippen LogP contribution in [0, 0.1) is 22.7 Å². The van der Waals surface area contributed by atoms with E-state index in [2.05, 4.69) is 243 Å². The molecule has 0 saturated heterocycles. The Kier molecular flexibility index (Phi) is 16.4. The molecule has 7 heteroatoms. The molecule has 2 radical (unpaired) electrons. The minimum atomic E-state index is -3.24. The Morgan fingerprint density at radius 2 is 0.763 bits per heavy atom. The van der Waals surface area contributed by atoms with Crippen LogP contribution in [0.3, 0.4) is 0 Å². The van der Waals surface area contributed by atoms with Gasteiger partial charge in [-0.15, -0.1) is 0 Å². The van der Waals surface area contributed by atoms with Gasteiger partial charge in [-0.3, -0.25) is 0 Å². The Bertz CT molecular complexity index is 1820. The lowest BCUT2D eigenvalue weighted by Crippen LogP contribution is -2.78. The van der Waals surface area contributed by atoms with Crippen molar-refractivity contribution in [2.45, 2.75) is 119 Å². The Hall–Kier alpha value is -2.89. The molecule has 318 valence electrons. The first-order valence-electron chi connectivity index (χ1n) is 21.7. The topological polar surface area (TPSA) is 27.7 Å².